The number of sulfonamides is 1. The highest BCUT2D eigenvalue weighted by molar-refractivity contribution is 7.90. The largest absolute Gasteiger partial charge is 0.455 e. The number of anilines is 2. The SMILES string of the molecule is COCC(=O)N1CCC(CNc2ccc(S(=O)(=O)NC(=O)c3ccc(N4CCN(CC5=C(c6ccc(C(F)(F)F)cc6C)CC(C)(C)CC5)CC4)cc3Oc3cnc4[nH]ccc4c3)cc2[N+](=O)[O-])CC1. The highest BCUT2D eigenvalue weighted by atomic mass is 32.2. The van der Waals surface area contributed by atoms with E-state index in [2.05, 4.69) is 43.7 Å². The Kier molecular flexibility index (Phi) is 14.6. The molecule has 0 radical (unpaired) electrons. The second kappa shape index (κ2) is 20.4. The first-order valence-corrected chi connectivity index (χ1v) is 24.7. The summed E-state index contributed by atoms with van der Waals surface area (Å²) in [4.78, 5) is 50.9. The summed E-state index contributed by atoms with van der Waals surface area (Å²) in [6.45, 7) is 10.8. The number of carbonyl (C=O) groups excluding carboxylic acids is 2. The number of benzene rings is 3. The number of piperidine rings is 1. The molecule has 5 aromatic rings. The van der Waals surface area contributed by atoms with E-state index in [0.29, 0.717) is 82.1 Å². The van der Waals surface area contributed by atoms with Gasteiger partial charge in [0.25, 0.3) is 21.6 Å². The third kappa shape index (κ3) is 11.6. The van der Waals surface area contributed by atoms with E-state index < -0.39 is 43.2 Å². The molecule has 0 spiro atoms. The molecule has 0 atom stereocenters. The van der Waals surface area contributed by atoms with E-state index in [4.69, 9.17) is 9.47 Å². The number of nitrogens with one attached hydrogen (secondary N) is 3. The number of hydrogen-bond donors (Lipinski definition) is 3. The van der Waals surface area contributed by atoms with Crippen molar-refractivity contribution in [3.63, 3.8) is 0 Å². The number of ether oxygens (including phenoxy) is 2. The van der Waals surface area contributed by atoms with Gasteiger partial charge in [0.15, 0.2) is 0 Å². The molecule has 2 aliphatic heterocycles. The molecule has 16 nitrogen and oxygen atoms in total. The van der Waals surface area contributed by atoms with E-state index in [9.17, 15) is 41.3 Å². The third-order valence-corrected chi connectivity index (χ3v) is 14.9. The fraction of sp³-hybridized carbons (Fsp3) is 0.420. The quantitative estimate of drug-likeness (QED) is 0.0668. The highest BCUT2D eigenvalue weighted by Gasteiger charge is 2.34. The maximum Gasteiger partial charge on any atom is 0.416 e. The normalized spacial score (nSPS) is 17.2. The molecule has 0 bridgehead atoms. The number of rotatable bonds is 15. The van der Waals surface area contributed by atoms with E-state index >= 15 is 0 Å². The summed E-state index contributed by atoms with van der Waals surface area (Å²) in [7, 11) is -3.19. The number of nitro benzene ring substituents is 1. The zero-order chi connectivity index (χ0) is 50.0. The van der Waals surface area contributed by atoms with Crippen LogP contribution in [0, 0.1) is 28.4 Å². The van der Waals surface area contributed by atoms with Gasteiger partial charge in [0.05, 0.1) is 27.1 Å². The number of piperazine rings is 1. The van der Waals surface area contributed by atoms with Crippen molar-refractivity contribution < 1.29 is 45.6 Å². The molecule has 1 aliphatic carbocycles. The van der Waals surface area contributed by atoms with Crippen LogP contribution in [0.25, 0.3) is 16.6 Å². The Hall–Kier alpha value is -6.51. The molecule has 3 aliphatic rings. The Balaban J connectivity index is 0.978. The number of H-pyrrole nitrogens is 1. The molecule has 2 aromatic heterocycles. The first kappa shape index (κ1) is 49.9. The topological polar surface area (TPSA) is 192 Å². The van der Waals surface area contributed by atoms with Crippen molar-refractivity contribution in [2.24, 2.45) is 11.3 Å². The number of aromatic nitrogens is 2. The third-order valence-electron chi connectivity index (χ3n) is 13.5. The zero-order valence-electron chi connectivity index (χ0n) is 39.5. The molecule has 8 rings (SSSR count). The van der Waals surface area contributed by atoms with Crippen LogP contribution in [0.5, 0.6) is 11.5 Å². The number of pyridine rings is 1. The Morgan fingerprint density at radius 3 is 2.44 bits per heavy atom. The van der Waals surface area contributed by atoms with Crippen LogP contribution in [0.1, 0.15) is 73.0 Å². The molecule has 70 heavy (non-hydrogen) atoms. The van der Waals surface area contributed by atoms with Gasteiger partial charge in [-0.05, 0) is 116 Å². The number of halogens is 3. The van der Waals surface area contributed by atoms with E-state index in [1.165, 1.54) is 49.2 Å². The van der Waals surface area contributed by atoms with Crippen LogP contribution in [0.2, 0.25) is 0 Å². The van der Waals surface area contributed by atoms with E-state index in [-0.39, 0.29) is 46.6 Å². The summed E-state index contributed by atoms with van der Waals surface area (Å²) in [5.41, 5.74) is 3.99. The zero-order valence-corrected chi connectivity index (χ0v) is 40.3. The minimum Gasteiger partial charge on any atom is -0.455 e. The lowest BCUT2D eigenvalue weighted by atomic mass is 9.72. The number of amides is 2. The molecule has 372 valence electrons. The maximum atomic E-state index is 14.0. The van der Waals surface area contributed by atoms with Crippen LogP contribution < -0.4 is 19.7 Å². The minimum atomic E-state index is -4.65. The average Bonchev–Trinajstić information content (AvgIpc) is 3.79. The predicted octanol–water partition coefficient (Wildman–Crippen LogP) is 8.79. The standard InChI is InChI=1S/C50H57F3N8O8S/c1-32-23-36(50(51,52)53)5-8-40(32)42-27-49(2,3)15-11-35(42)30-58-19-21-59(22-20-58)37-6-9-41(45(25-37)69-38-24-34-12-16-54-47(34)56-29-38)48(63)57-70(66,67)39-7-10-43(44(26-39)61(64)65)55-28-33-13-17-60(18-14-33)46(62)31-68-4/h5-10,12,16,23-26,29,33,55H,11,13-15,17-22,27-28,30-31H2,1-4H3,(H,54,56)(H,57,63). The molecule has 3 N–H and O–H groups in total. The second-order valence-electron chi connectivity index (χ2n) is 19.1. The van der Waals surface area contributed by atoms with Gasteiger partial charge in [0.2, 0.25) is 5.91 Å². The Morgan fingerprint density at radius 1 is 0.986 bits per heavy atom. The number of alkyl halides is 3. The summed E-state index contributed by atoms with van der Waals surface area (Å²) in [5.74, 6) is -0.669. The van der Waals surface area contributed by atoms with E-state index in [1.807, 2.05) is 0 Å². The first-order chi connectivity index (χ1) is 33.3. The van der Waals surface area contributed by atoms with Gasteiger partial charge in [0, 0.05) is 88.9 Å². The van der Waals surface area contributed by atoms with Crippen molar-refractivity contribution >= 4 is 55.5 Å². The van der Waals surface area contributed by atoms with Crippen LogP contribution in [-0.4, -0.2) is 111 Å². The van der Waals surface area contributed by atoms with Crippen molar-refractivity contribution in [3.8, 4) is 11.5 Å². The van der Waals surface area contributed by atoms with Gasteiger partial charge in [-0.3, -0.25) is 24.6 Å². The summed E-state index contributed by atoms with van der Waals surface area (Å²) >= 11 is 0. The van der Waals surface area contributed by atoms with Crippen molar-refractivity contribution in [2.75, 3.05) is 76.3 Å². The monoisotopic (exact) mass is 986 g/mol. The van der Waals surface area contributed by atoms with Gasteiger partial charge >= 0.3 is 6.18 Å². The van der Waals surface area contributed by atoms with E-state index in [0.717, 1.165) is 41.9 Å². The van der Waals surface area contributed by atoms with Crippen LogP contribution in [0.4, 0.5) is 30.2 Å². The van der Waals surface area contributed by atoms with Crippen molar-refractivity contribution in [2.45, 2.75) is 63.9 Å². The summed E-state index contributed by atoms with van der Waals surface area (Å²) in [6.07, 6.45) is 2.69. The highest BCUT2D eigenvalue weighted by Crippen LogP contribution is 2.45. The average molecular weight is 987 g/mol. The molecular formula is C50H57F3N8O8S. The van der Waals surface area contributed by atoms with Gasteiger partial charge < -0.3 is 29.6 Å². The summed E-state index contributed by atoms with van der Waals surface area (Å²) in [5, 5.41) is 16.0. The van der Waals surface area contributed by atoms with Crippen molar-refractivity contribution in [1.29, 1.82) is 0 Å². The van der Waals surface area contributed by atoms with Gasteiger partial charge in [-0.2, -0.15) is 13.2 Å². The lowest BCUT2D eigenvalue weighted by Gasteiger charge is -2.39. The molecule has 20 heteroatoms. The molecule has 2 saturated heterocycles. The van der Waals surface area contributed by atoms with Gasteiger partial charge in [-0.15, -0.1) is 0 Å². The number of aryl methyl sites for hydroxylation is 1. The lowest BCUT2D eigenvalue weighted by Crippen LogP contribution is -2.47. The number of fused-ring (bicyclic) bond motifs is 1. The van der Waals surface area contributed by atoms with Crippen LogP contribution in [0.15, 0.2) is 89.6 Å². The first-order valence-electron chi connectivity index (χ1n) is 23.2. The number of methoxy groups -OCH3 is 1. The van der Waals surface area contributed by atoms with Gasteiger partial charge in [-0.1, -0.05) is 25.5 Å². The Labute approximate surface area is 404 Å². The molecule has 0 saturated carbocycles. The number of aromatic amines is 1. The molecule has 2 amide bonds. The number of hydrogen-bond acceptors (Lipinski definition) is 12. The van der Waals surface area contributed by atoms with Gasteiger partial charge in [-0.25, -0.2) is 18.1 Å². The lowest BCUT2D eigenvalue weighted by molar-refractivity contribution is -0.384. The Bertz CT molecular complexity index is 2920. The fourth-order valence-electron chi connectivity index (χ4n) is 9.56. The molecule has 2 fully saturated rings. The molecule has 3 aromatic carbocycles. The summed E-state index contributed by atoms with van der Waals surface area (Å²) in [6, 6.07) is 15.8. The van der Waals surface area contributed by atoms with Crippen LogP contribution in [0.3, 0.4) is 0 Å². The number of nitrogens with zero attached hydrogens (tertiary/aromatic N) is 5. The second-order valence-corrected chi connectivity index (χ2v) is 20.8. The Morgan fingerprint density at radius 2 is 1.74 bits per heavy atom. The maximum absolute atomic E-state index is 14.0. The number of carbonyl (C=O) groups is 2. The predicted molar refractivity (Wildman–Crippen MR) is 259 cm³/mol. The number of nitro groups is 1. The number of likely N-dealkylation sites (tertiary alicyclic amines) is 1. The smallest absolute Gasteiger partial charge is 0.416 e. The van der Waals surface area contributed by atoms with E-state index in [1.54, 1.807) is 48.4 Å². The van der Waals surface area contributed by atoms with Crippen LogP contribution >= 0.6 is 0 Å². The van der Waals surface area contributed by atoms with Crippen molar-refractivity contribution in [3.05, 3.63) is 117 Å². The summed E-state index contributed by atoms with van der Waals surface area (Å²) < 4.78 is 81.6. The molecule has 4 heterocycles. The molecular weight excluding hydrogens is 930 g/mol. The molecule has 0 unspecified atom stereocenters. The number of allylic oxidation sites excluding steroid dienone is 1. The van der Waals surface area contributed by atoms with Crippen LogP contribution in [-0.2, 0) is 25.7 Å². The van der Waals surface area contributed by atoms with Crippen molar-refractivity contribution in [1.82, 2.24) is 24.5 Å². The van der Waals surface area contributed by atoms with Gasteiger partial charge in [0.1, 0.15) is 29.4 Å². The fourth-order valence-corrected chi connectivity index (χ4v) is 10.5. The minimum absolute atomic E-state index is 0.00211.